The maximum absolute atomic E-state index is 5.64. The van der Waals surface area contributed by atoms with Crippen molar-refractivity contribution in [3.05, 3.63) is 0 Å². The van der Waals surface area contributed by atoms with Crippen LogP contribution in [0, 0.1) is 11.8 Å². The number of hydrazine groups is 1. The van der Waals surface area contributed by atoms with Gasteiger partial charge in [-0.05, 0) is 33.9 Å². The second kappa shape index (κ2) is 6.84. The minimum atomic E-state index is 0.0958. The number of likely N-dealkylation sites (N-methyl/N-ethyl adjacent to an activating group) is 1. The molecule has 3 heteroatoms. The van der Waals surface area contributed by atoms with E-state index in [0.29, 0.717) is 0 Å². The highest BCUT2D eigenvalue weighted by Gasteiger charge is 2.36. The molecule has 1 unspecified atom stereocenters. The lowest BCUT2D eigenvalue weighted by Crippen LogP contribution is -2.60. The number of rotatable bonds is 6. The van der Waals surface area contributed by atoms with Crippen molar-refractivity contribution in [1.29, 1.82) is 0 Å². The molecule has 1 atom stereocenters. The Labute approximate surface area is 94.4 Å². The number of hydrogen-bond acceptors (Lipinski definition) is 3. The van der Waals surface area contributed by atoms with E-state index >= 15 is 0 Å². The minimum absolute atomic E-state index is 0.0958. The average Bonchev–Trinajstić information content (AvgIpc) is 2.24. The van der Waals surface area contributed by atoms with Crippen LogP contribution in [0.15, 0.2) is 0 Å². The molecule has 0 bridgehead atoms. The van der Waals surface area contributed by atoms with E-state index in [1.54, 1.807) is 0 Å². The summed E-state index contributed by atoms with van der Waals surface area (Å²) in [4.78, 5) is 2.26. The van der Waals surface area contributed by atoms with Crippen LogP contribution in [0.4, 0.5) is 0 Å². The highest BCUT2D eigenvalue weighted by atomic mass is 15.3. The van der Waals surface area contributed by atoms with Crippen molar-refractivity contribution >= 4 is 0 Å². The van der Waals surface area contributed by atoms with Crippen molar-refractivity contribution in [1.82, 2.24) is 10.3 Å². The molecule has 0 rings (SSSR count). The van der Waals surface area contributed by atoms with Gasteiger partial charge in [0.05, 0.1) is 6.04 Å². The van der Waals surface area contributed by atoms with Crippen molar-refractivity contribution in [2.75, 3.05) is 14.1 Å². The van der Waals surface area contributed by atoms with Gasteiger partial charge in [-0.3, -0.25) is 11.3 Å². The molecule has 0 saturated heterocycles. The van der Waals surface area contributed by atoms with Gasteiger partial charge >= 0.3 is 0 Å². The van der Waals surface area contributed by atoms with Crippen molar-refractivity contribution in [3.63, 3.8) is 0 Å². The minimum Gasteiger partial charge on any atom is -0.302 e. The van der Waals surface area contributed by atoms with Crippen LogP contribution in [0.2, 0.25) is 0 Å². The molecule has 0 fully saturated rings. The lowest BCUT2D eigenvalue weighted by molar-refractivity contribution is 0.0903. The van der Waals surface area contributed by atoms with Gasteiger partial charge < -0.3 is 4.90 Å². The Morgan fingerprint density at radius 3 is 2.13 bits per heavy atom. The van der Waals surface area contributed by atoms with Gasteiger partial charge in [0, 0.05) is 12.0 Å². The van der Waals surface area contributed by atoms with Crippen LogP contribution < -0.4 is 11.3 Å². The van der Waals surface area contributed by atoms with E-state index in [2.05, 4.69) is 50.1 Å². The van der Waals surface area contributed by atoms with Crippen molar-refractivity contribution in [3.8, 4) is 11.8 Å². The molecule has 0 heterocycles. The summed E-state index contributed by atoms with van der Waals surface area (Å²) in [5, 5.41) is 0. The average molecular weight is 211 g/mol. The van der Waals surface area contributed by atoms with Gasteiger partial charge in [-0.15, -0.1) is 11.8 Å². The highest BCUT2D eigenvalue weighted by Crippen LogP contribution is 2.26. The molecule has 0 aliphatic rings. The molecule has 0 aliphatic heterocycles. The maximum atomic E-state index is 5.64. The number of nitrogens with two attached hydrogens (primary N) is 1. The summed E-state index contributed by atoms with van der Waals surface area (Å²) in [6.45, 7) is 6.27. The van der Waals surface area contributed by atoms with Crippen LogP contribution in [-0.2, 0) is 0 Å². The number of nitrogens with zero attached hydrogens (tertiary/aromatic N) is 1. The molecular formula is C12H25N3. The van der Waals surface area contributed by atoms with E-state index in [1.807, 2.05) is 6.92 Å². The quantitative estimate of drug-likeness (QED) is 0.396. The van der Waals surface area contributed by atoms with E-state index in [-0.39, 0.29) is 11.6 Å². The fraction of sp³-hybridized carbons (Fsp3) is 0.833. The highest BCUT2D eigenvalue weighted by molar-refractivity contribution is 5.05. The predicted octanol–water partition coefficient (Wildman–Crippen LogP) is 1.35. The third kappa shape index (κ3) is 3.20. The second-order valence-corrected chi connectivity index (χ2v) is 4.06. The van der Waals surface area contributed by atoms with Crippen LogP contribution in [0.1, 0.15) is 40.0 Å². The standard InChI is InChI=1S/C12H25N3/c1-6-9-10-11(14-13)12(7-2,8-3)15(4)5/h11,14H,7-8,10,13H2,1-5H3. The van der Waals surface area contributed by atoms with Gasteiger partial charge in [0.1, 0.15) is 0 Å². The molecule has 0 aromatic carbocycles. The van der Waals surface area contributed by atoms with Gasteiger partial charge in [-0.25, -0.2) is 0 Å². The third-order valence-electron chi connectivity index (χ3n) is 3.45. The zero-order valence-corrected chi connectivity index (χ0v) is 10.7. The van der Waals surface area contributed by atoms with Crippen molar-refractivity contribution < 1.29 is 0 Å². The van der Waals surface area contributed by atoms with Gasteiger partial charge in [0.25, 0.3) is 0 Å². The van der Waals surface area contributed by atoms with Crippen LogP contribution >= 0.6 is 0 Å². The Morgan fingerprint density at radius 1 is 1.33 bits per heavy atom. The molecule has 0 radical (unpaired) electrons. The summed E-state index contributed by atoms with van der Waals surface area (Å²) in [6.07, 6.45) is 2.93. The zero-order valence-electron chi connectivity index (χ0n) is 10.7. The van der Waals surface area contributed by atoms with Crippen molar-refractivity contribution in [2.45, 2.75) is 51.6 Å². The smallest absolute Gasteiger partial charge is 0.0503 e. The van der Waals surface area contributed by atoms with Crippen LogP contribution in [-0.4, -0.2) is 30.6 Å². The Bertz CT molecular complexity index is 221. The molecular weight excluding hydrogens is 186 g/mol. The Balaban J connectivity index is 4.88. The first kappa shape index (κ1) is 14.4. The molecule has 0 amide bonds. The third-order valence-corrected chi connectivity index (χ3v) is 3.45. The molecule has 0 aromatic rings. The molecule has 0 spiro atoms. The van der Waals surface area contributed by atoms with Crippen molar-refractivity contribution in [2.24, 2.45) is 5.84 Å². The fourth-order valence-electron chi connectivity index (χ4n) is 2.30. The molecule has 0 saturated carbocycles. The summed E-state index contributed by atoms with van der Waals surface area (Å²) < 4.78 is 0. The number of hydrogen-bond donors (Lipinski definition) is 2. The molecule has 0 aromatic heterocycles. The molecule has 3 N–H and O–H groups in total. The summed E-state index contributed by atoms with van der Waals surface area (Å²) >= 11 is 0. The lowest BCUT2D eigenvalue weighted by Gasteiger charge is -2.44. The van der Waals surface area contributed by atoms with E-state index in [0.717, 1.165) is 19.3 Å². The predicted molar refractivity (Wildman–Crippen MR) is 66.2 cm³/mol. The first-order valence-corrected chi connectivity index (χ1v) is 5.62. The van der Waals surface area contributed by atoms with E-state index in [4.69, 9.17) is 5.84 Å². The number of nitrogens with one attached hydrogen (secondary N) is 1. The van der Waals surface area contributed by atoms with Crippen LogP contribution in [0.5, 0.6) is 0 Å². The lowest BCUT2D eigenvalue weighted by atomic mass is 9.82. The van der Waals surface area contributed by atoms with Crippen LogP contribution in [0.3, 0.4) is 0 Å². The first-order valence-electron chi connectivity index (χ1n) is 5.62. The monoisotopic (exact) mass is 211 g/mol. The second-order valence-electron chi connectivity index (χ2n) is 4.06. The zero-order chi connectivity index (χ0) is 11.9. The van der Waals surface area contributed by atoms with Crippen LogP contribution in [0.25, 0.3) is 0 Å². The summed E-state index contributed by atoms with van der Waals surface area (Å²) in [6, 6.07) is 0.218. The first-order chi connectivity index (χ1) is 7.08. The Kier molecular flexibility index (Phi) is 6.58. The molecule has 3 nitrogen and oxygen atoms in total. The Hall–Kier alpha value is -0.560. The summed E-state index contributed by atoms with van der Waals surface area (Å²) in [5.74, 6) is 11.7. The van der Waals surface area contributed by atoms with Gasteiger partial charge in [0.15, 0.2) is 0 Å². The van der Waals surface area contributed by atoms with E-state index in [9.17, 15) is 0 Å². The fourth-order valence-corrected chi connectivity index (χ4v) is 2.30. The molecule has 15 heavy (non-hydrogen) atoms. The maximum Gasteiger partial charge on any atom is 0.0503 e. The topological polar surface area (TPSA) is 41.3 Å². The van der Waals surface area contributed by atoms with Gasteiger partial charge in [-0.2, -0.15) is 0 Å². The summed E-state index contributed by atoms with van der Waals surface area (Å²) in [5.41, 5.74) is 3.01. The Morgan fingerprint density at radius 2 is 1.87 bits per heavy atom. The van der Waals surface area contributed by atoms with Gasteiger partial charge in [0.2, 0.25) is 0 Å². The SMILES string of the molecule is CC#CCC(NN)C(CC)(CC)N(C)C. The molecule has 88 valence electrons. The largest absolute Gasteiger partial charge is 0.302 e. The van der Waals surface area contributed by atoms with E-state index in [1.165, 1.54) is 0 Å². The normalized spacial score (nSPS) is 13.5. The summed E-state index contributed by atoms with van der Waals surface area (Å²) in [7, 11) is 4.22. The van der Waals surface area contributed by atoms with E-state index < -0.39 is 0 Å². The molecule has 0 aliphatic carbocycles. The van der Waals surface area contributed by atoms with Gasteiger partial charge in [-0.1, -0.05) is 13.8 Å².